The molecular weight excluding hydrogens is 179 g/mol. The summed E-state index contributed by atoms with van der Waals surface area (Å²) in [5.74, 6) is -0.242. The van der Waals surface area contributed by atoms with Gasteiger partial charge in [0.05, 0.1) is 11.4 Å². The van der Waals surface area contributed by atoms with Crippen LogP contribution in [-0.2, 0) is 0 Å². The predicted octanol–water partition coefficient (Wildman–Crippen LogP) is 2.68. The molecule has 3 N–H and O–H groups in total. The van der Waals surface area contributed by atoms with Crippen molar-refractivity contribution in [3.8, 4) is 0 Å². The zero-order valence-corrected chi connectivity index (χ0v) is 8.52. The minimum Gasteiger partial charge on any atom is -0.397 e. The summed E-state index contributed by atoms with van der Waals surface area (Å²) in [7, 11) is 0. The second kappa shape index (κ2) is 2.87. The second-order valence-corrected chi connectivity index (χ2v) is 4.37. The average molecular weight is 194 g/mol. The van der Waals surface area contributed by atoms with E-state index in [0.717, 1.165) is 18.5 Å². The van der Waals surface area contributed by atoms with Crippen molar-refractivity contribution in [1.82, 2.24) is 0 Å². The maximum absolute atomic E-state index is 13.1. The van der Waals surface area contributed by atoms with Crippen LogP contribution in [0.3, 0.4) is 0 Å². The van der Waals surface area contributed by atoms with E-state index in [2.05, 4.69) is 12.2 Å². The Morgan fingerprint density at radius 1 is 1.43 bits per heavy atom. The quantitative estimate of drug-likeness (QED) is 0.710. The Kier molecular flexibility index (Phi) is 1.91. The van der Waals surface area contributed by atoms with Gasteiger partial charge in [-0.05, 0) is 44.4 Å². The fraction of sp³-hybridized carbons (Fsp3) is 0.455. The van der Waals surface area contributed by atoms with Gasteiger partial charge in [-0.3, -0.25) is 0 Å². The van der Waals surface area contributed by atoms with Crippen molar-refractivity contribution in [2.75, 3.05) is 11.1 Å². The van der Waals surface area contributed by atoms with Crippen LogP contribution in [0.1, 0.15) is 25.3 Å². The first-order valence-corrected chi connectivity index (χ1v) is 4.84. The molecule has 0 unspecified atom stereocenters. The lowest BCUT2D eigenvalue weighted by Gasteiger charge is -2.16. The summed E-state index contributed by atoms with van der Waals surface area (Å²) in [4.78, 5) is 0. The summed E-state index contributed by atoms with van der Waals surface area (Å²) in [6.07, 6.45) is 2.31. The maximum Gasteiger partial charge on any atom is 0.128 e. The van der Waals surface area contributed by atoms with Gasteiger partial charge in [-0.2, -0.15) is 0 Å². The van der Waals surface area contributed by atoms with E-state index < -0.39 is 0 Å². The molecule has 0 radical (unpaired) electrons. The molecule has 2 nitrogen and oxygen atoms in total. The van der Waals surface area contributed by atoms with E-state index in [1.165, 1.54) is 6.07 Å². The number of benzene rings is 1. The highest BCUT2D eigenvalue weighted by molar-refractivity contribution is 5.68. The Morgan fingerprint density at radius 2 is 2.07 bits per heavy atom. The third-order valence-electron chi connectivity index (χ3n) is 2.77. The lowest BCUT2D eigenvalue weighted by Crippen LogP contribution is -2.17. The van der Waals surface area contributed by atoms with Crippen LogP contribution in [-0.4, -0.2) is 5.54 Å². The first-order chi connectivity index (χ1) is 6.50. The number of nitrogens with two attached hydrogens (primary N) is 1. The van der Waals surface area contributed by atoms with E-state index in [0.29, 0.717) is 11.3 Å². The Hall–Kier alpha value is -1.25. The molecule has 0 aliphatic heterocycles. The first-order valence-electron chi connectivity index (χ1n) is 4.84. The van der Waals surface area contributed by atoms with Gasteiger partial charge in [0.2, 0.25) is 0 Å². The molecule has 1 aromatic carbocycles. The molecule has 3 heteroatoms. The number of aryl methyl sites for hydroxylation is 1. The van der Waals surface area contributed by atoms with Crippen LogP contribution in [0.2, 0.25) is 0 Å². The minimum atomic E-state index is -0.242. The highest BCUT2D eigenvalue weighted by Gasteiger charge is 2.37. The van der Waals surface area contributed by atoms with Gasteiger partial charge in [0, 0.05) is 5.54 Å². The van der Waals surface area contributed by atoms with Crippen molar-refractivity contribution in [2.45, 2.75) is 32.2 Å². The van der Waals surface area contributed by atoms with Gasteiger partial charge in [-0.25, -0.2) is 4.39 Å². The van der Waals surface area contributed by atoms with Gasteiger partial charge in [-0.15, -0.1) is 0 Å². The second-order valence-electron chi connectivity index (χ2n) is 4.37. The molecule has 1 aliphatic rings. The Labute approximate surface area is 83.3 Å². The smallest absolute Gasteiger partial charge is 0.128 e. The molecule has 2 rings (SSSR count). The number of nitrogens with one attached hydrogen (secondary N) is 1. The van der Waals surface area contributed by atoms with Gasteiger partial charge in [-0.1, -0.05) is 0 Å². The summed E-state index contributed by atoms with van der Waals surface area (Å²) in [5.41, 5.74) is 7.87. The van der Waals surface area contributed by atoms with Crippen LogP contribution in [0.4, 0.5) is 15.8 Å². The zero-order valence-electron chi connectivity index (χ0n) is 8.52. The molecule has 1 aromatic rings. The molecule has 76 valence electrons. The first kappa shape index (κ1) is 9.31. The minimum absolute atomic E-state index is 0.179. The fourth-order valence-corrected chi connectivity index (χ4v) is 1.44. The van der Waals surface area contributed by atoms with E-state index >= 15 is 0 Å². The molecule has 0 amide bonds. The largest absolute Gasteiger partial charge is 0.397 e. The van der Waals surface area contributed by atoms with E-state index in [1.54, 1.807) is 13.0 Å². The molecule has 0 saturated heterocycles. The van der Waals surface area contributed by atoms with Crippen molar-refractivity contribution in [2.24, 2.45) is 0 Å². The van der Waals surface area contributed by atoms with Crippen molar-refractivity contribution in [3.63, 3.8) is 0 Å². The molecule has 0 bridgehead atoms. The van der Waals surface area contributed by atoms with Crippen LogP contribution in [0.25, 0.3) is 0 Å². The van der Waals surface area contributed by atoms with Gasteiger partial charge in [0.15, 0.2) is 0 Å². The van der Waals surface area contributed by atoms with Crippen molar-refractivity contribution >= 4 is 11.4 Å². The van der Waals surface area contributed by atoms with Crippen LogP contribution >= 0.6 is 0 Å². The van der Waals surface area contributed by atoms with E-state index in [-0.39, 0.29) is 11.4 Å². The third-order valence-corrected chi connectivity index (χ3v) is 2.77. The Morgan fingerprint density at radius 3 is 2.64 bits per heavy atom. The number of anilines is 2. The third kappa shape index (κ3) is 1.67. The standard InChI is InChI=1S/C11H15FN2/c1-7-5-10(9(13)6-8(7)12)14-11(2)3-4-11/h5-6,14H,3-4,13H2,1-2H3. The van der Waals surface area contributed by atoms with Crippen molar-refractivity contribution in [3.05, 3.63) is 23.5 Å². The lowest BCUT2D eigenvalue weighted by molar-refractivity contribution is 0.619. The van der Waals surface area contributed by atoms with Crippen molar-refractivity contribution < 1.29 is 4.39 Å². The zero-order chi connectivity index (χ0) is 10.3. The molecule has 0 aromatic heterocycles. The fourth-order valence-electron chi connectivity index (χ4n) is 1.44. The summed E-state index contributed by atoms with van der Waals surface area (Å²) in [6, 6.07) is 3.15. The Balaban J connectivity index is 2.29. The molecule has 1 fully saturated rings. The lowest BCUT2D eigenvalue weighted by atomic mass is 10.1. The summed E-state index contributed by atoms with van der Waals surface area (Å²) < 4.78 is 13.1. The normalized spacial score (nSPS) is 17.9. The molecule has 1 aliphatic carbocycles. The topological polar surface area (TPSA) is 38.0 Å². The SMILES string of the molecule is Cc1cc(NC2(C)CC2)c(N)cc1F. The monoisotopic (exact) mass is 194 g/mol. The summed E-state index contributed by atoms with van der Waals surface area (Å²) >= 11 is 0. The number of nitrogen functional groups attached to an aromatic ring is 1. The van der Waals surface area contributed by atoms with Gasteiger partial charge in [0.1, 0.15) is 5.82 Å². The molecule has 0 heterocycles. The number of hydrogen-bond donors (Lipinski definition) is 2. The number of hydrogen-bond acceptors (Lipinski definition) is 2. The highest BCUT2D eigenvalue weighted by atomic mass is 19.1. The number of halogens is 1. The number of rotatable bonds is 2. The van der Waals surface area contributed by atoms with Crippen molar-refractivity contribution in [1.29, 1.82) is 0 Å². The molecule has 0 spiro atoms. The predicted molar refractivity (Wildman–Crippen MR) is 56.8 cm³/mol. The van der Waals surface area contributed by atoms with E-state index in [4.69, 9.17) is 5.73 Å². The van der Waals surface area contributed by atoms with E-state index in [1.807, 2.05) is 0 Å². The molecule has 14 heavy (non-hydrogen) atoms. The molecular formula is C11H15FN2. The summed E-state index contributed by atoms with van der Waals surface area (Å²) in [5, 5.41) is 3.34. The van der Waals surface area contributed by atoms with E-state index in [9.17, 15) is 4.39 Å². The summed E-state index contributed by atoms with van der Waals surface area (Å²) in [6.45, 7) is 3.89. The highest BCUT2D eigenvalue weighted by Crippen LogP contribution is 2.39. The molecule has 0 atom stereocenters. The van der Waals surface area contributed by atoms with Crippen LogP contribution < -0.4 is 11.1 Å². The van der Waals surface area contributed by atoms with Gasteiger partial charge in [0.25, 0.3) is 0 Å². The van der Waals surface area contributed by atoms with Crippen LogP contribution in [0.15, 0.2) is 12.1 Å². The maximum atomic E-state index is 13.1. The average Bonchev–Trinajstić information content (AvgIpc) is 2.80. The molecule has 1 saturated carbocycles. The van der Waals surface area contributed by atoms with Crippen LogP contribution in [0, 0.1) is 12.7 Å². The Bertz CT molecular complexity index is 370. The van der Waals surface area contributed by atoms with Gasteiger partial charge < -0.3 is 11.1 Å². The van der Waals surface area contributed by atoms with Gasteiger partial charge >= 0.3 is 0 Å². The van der Waals surface area contributed by atoms with Crippen LogP contribution in [0.5, 0.6) is 0 Å².